The van der Waals surface area contributed by atoms with E-state index in [0.29, 0.717) is 13.0 Å². The van der Waals surface area contributed by atoms with Gasteiger partial charge >= 0.3 is 0 Å². The van der Waals surface area contributed by atoms with Gasteiger partial charge in [0.1, 0.15) is 5.69 Å². The van der Waals surface area contributed by atoms with Gasteiger partial charge in [0.05, 0.1) is 4.92 Å². The van der Waals surface area contributed by atoms with Crippen LogP contribution in [0.3, 0.4) is 0 Å². The molecule has 1 aliphatic heterocycles. The average molecular weight is 193 g/mol. The summed E-state index contributed by atoms with van der Waals surface area (Å²) in [4.78, 5) is 10.4. The first-order valence-corrected chi connectivity index (χ1v) is 4.45. The van der Waals surface area contributed by atoms with Gasteiger partial charge in [-0.1, -0.05) is 6.07 Å². The van der Waals surface area contributed by atoms with Gasteiger partial charge in [-0.05, 0) is 24.6 Å². The summed E-state index contributed by atoms with van der Waals surface area (Å²) in [5, 5.41) is 14.0. The van der Waals surface area contributed by atoms with Gasteiger partial charge in [-0.25, -0.2) is 0 Å². The maximum Gasteiger partial charge on any atom is 0.295 e. The van der Waals surface area contributed by atoms with Gasteiger partial charge in [0.15, 0.2) is 0 Å². The molecule has 74 valence electrons. The first kappa shape index (κ1) is 8.96. The molecule has 5 heteroatoms. The number of fused-ring (bicyclic) bond motifs is 1. The summed E-state index contributed by atoms with van der Waals surface area (Å²) in [6, 6.07) is 3.45. The van der Waals surface area contributed by atoms with Crippen molar-refractivity contribution >= 4 is 11.4 Å². The molecule has 1 heterocycles. The summed E-state index contributed by atoms with van der Waals surface area (Å²) in [5.74, 6) is 0. The average Bonchev–Trinajstić information content (AvgIpc) is 2.17. The quantitative estimate of drug-likeness (QED) is 0.393. The van der Waals surface area contributed by atoms with Crippen molar-refractivity contribution in [2.75, 3.05) is 12.3 Å². The molecule has 1 aliphatic rings. The molecule has 1 aromatic rings. The highest BCUT2D eigenvalue weighted by atomic mass is 16.6. The SMILES string of the molecule is Nc1ccc2c(c1[N+](=O)[O-])CCNC2. The van der Waals surface area contributed by atoms with Crippen molar-refractivity contribution in [3.8, 4) is 0 Å². The number of anilines is 1. The lowest BCUT2D eigenvalue weighted by Crippen LogP contribution is -2.24. The number of hydrogen-bond donors (Lipinski definition) is 2. The molecule has 0 fully saturated rings. The highest BCUT2D eigenvalue weighted by Crippen LogP contribution is 2.30. The Morgan fingerprint density at radius 2 is 2.29 bits per heavy atom. The van der Waals surface area contributed by atoms with Gasteiger partial charge in [-0.2, -0.15) is 0 Å². The molecular formula is C9H11N3O2. The highest BCUT2D eigenvalue weighted by molar-refractivity contribution is 5.65. The van der Waals surface area contributed by atoms with Gasteiger partial charge in [-0.15, -0.1) is 0 Å². The summed E-state index contributed by atoms with van der Waals surface area (Å²) in [5.41, 5.74) is 7.70. The van der Waals surface area contributed by atoms with Crippen LogP contribution in [0.15, 0.2) is 12.1 Å². The van der Waals surface area contributed by atoms with E-state index in [-0.39, 0.29) is 16.3 Å². The van der Waals surface area contributed by atoms with Crippen molar-refractivity contribution in [3.05, 3.63) is 33.4 Å². The second-order valence-corrected chi connectivity index (χ2v) is 3.32. The molecule has 0 saturated carbocycles. The fraction of sp³-hybridized carbons (Fsp3) is 0.333. The lowest BCUT2D eigenvalue weighted by molar-refractivity contribution is -0.384. The second kappa shape index (κ2) is 3.26. The Bertz CT molecular complexity index is 390. The number of nitro groups is 1. The maximum atomic E-state index is 10.8. The molecule has 0 spiro atoms. The minimum absolute atomic E-state index is 0.0870. The van der Waals surface area contributed by atoms with E-state index in [1.54, 1.807) is 6.07 Å². The van der Waals surface area contributed by atoms with Crippen LogP contribution in [0.5, 0.6) is 0 Å². The lowest BCUT2D eigenvalue weighted by Gasteiger charge is -2.17. The van der Waals surface area contributed by atoms with Crippen LogP contribution in [0.1, 0.15) is 11.1 Å². The Kier molecular flexibility index (Phi) is 2.09. The summed E-state index contributed by atoms with van der Waals surface area (Å²) in [6.45, 7) is 1.47. The molecule has 5 nitrogen and oxygen atoms in total. The standard InChI is InChI=1S/C9H11N3O2/c10-8-2-1-6-5-11-4-3-7(6)9(8)12(13)14/h1-2,11H,3-5,10H2. The smallest absolute Gasteiger partial charge is 0.295 e. The van der Waals surface area contributed by atoms with Crippen molar-refractivity contribution in [2.45, 2.75) is 13.0 Å². The van der Waals surface area contributed by atoms with E-state index in [9.17, 15) is 10.1 Å². The third-order valence-corrected chi connectivity index (χ3v) is 2.46. The topological polar surface area (TPSA) is 81.2 Å². The molecule has 3 N–H and O–H groups in total. The third kappa shape index (κ3) is 1.31. The Balaban J connectivity index is 2.60. The number of benzene rings is 1. The van der Waals surface area contributed by atoms with Gasteiger partial charge in [0, 0.05) is 12.1 Å². The summed E-state index contributed by atoms with van der Waals surface area (Å²) in [7, 11) is 0. The van der Waals surface area contributed by atoms with Crippen molar-refractivity contribution < 1.29 is 4.92 Å². The van der Waals surface area contributed by atoms with Crippen molar-refractivity contribution in [1.82, 2.24) is 5.32 Å². The lowest BCUT2D eigenvalue weighted by atomic mass is 9.98. The molecule has 14 heavy (non-hydrogen) atoms. The summed E-state index contributed by atoms with van der Waals surface area (Å²) >= 11 is 0. The Labute approximate surface area is 81.1 Å². The van der Waals surface area contributed by atoms with Gasteiger partial charge in [-0.3, -0.25) is 10.1 Å². The zero-order valence-electron chi connectivity index (χ0n) is 7.62. The van der Waals surface area contributed by atoms with Crippen molar-refractivity contribution in [1.29, 1.82) is 0 Å². The van der Waals surface area contributed by atoms with Crippen LogP contribution < -0.4 is 11.1 Å². The van der Waals surface area contributed by atoms with Gasteiger partial charge in [0.2, 0.25) is 0 Å². The second-order valence-electron chi connectivity index (χ2n) is 3.32. The van der Waals surface area contributed by atoms with E-state index in [1.165, 1.54) is 0 Å². The Morgan fingerprint density at radius 1 is 1.50 bits per heavy atom. The number of nitrogens with two attached hydrogens (primary N) is 1. The minimum Gasteiger partial charge on any atom is -0.393 e. The predicted octanol–water partition coefficient (Wildman–Crippen LogP) is 0.823. The Hall–Kier alpha value is -1.62. The van der Waals surface area contributed by atoms with E-state index in [0.717, 1.165) is 17.7 Å². The first-order valence-electron chi connectivity index (χ1n) is 4.45. The molecular weight excluding hydrogens is 182 g/mol. The maximum absolute atomic E-state index is 10.8. The van der Waals surface area contributed by atoms with Crippen LogP contribution in [0.4, 0.5) is 11.4 Å². The van der Waals surface area contributed by atoms with Crippen LogP contribution in [-0.2, 0) is 13.0 Å². The normalized spacial score (nSPS) is 14.9. The molecule has 0 amide bonds. The van der Waals surface area contributed by atoms with Crippen LogP contribution in [0.25, 0.3) is 0 Å². The predicted molar refractivity (Wildman–Crippen MR) is 52.9 cm³/mol. The van der Waals surface area contributed by atoms with E-state index < -0.39 is 0 Å². The number of nitrogen functional groups attached to an aromatic ring is 1. The highest BCUT2D eigenvalue weighted by Gasteiger charge is 2.22. The monoisotopic (exact) mass is 193 g/mol. The van der Waals surface area contributed by atoms with E-state index >= 15 is 0 Å². The van der Waals surface area contributed by atoms with Crippen LogP contribution in [0.2, 0.25) is 0 Å². The van der Waals surface area contributed by atoms with E-state index in [4.69, 9.17) is 5.73 Å². The van der Waals surface area contributed by atoms with Crippen molar-refractivity contribution in [3.63, 3.8) is 0 Å². The molecule has 0 bridgehead atoms. The molecule has 2 rings (SSSR count). The third-order valence-electron chi connectivity index (χ3n) is 2.46. The first-order chi connectivity index (χ1) is 6.70. The molecule has 0 aromatic heterocycles. The molecule has 1 aromatic carbocycles. The van der Waals surface area contributed by atoms with Gasteiger partial charge in [0.25, 0.3) is 5.69 Å². The number of rotatable bonds is 1. The van der Waals surface area contributed by atoms with E-state index in [1.807, 2.05) is 6.07 Å². The van der Waals surface area contributed by atoms with Gasteiger partial charge < -0.3 is 11.1 Å². The van der Waals surface area contributed by atoms with Crippen LogP contribution >= 0.6 is 0 Å². The fourth-order valence-corrected chi connectivity index (χ4v) is 1.79. The molecule has 0 unspecified atom stereocenters. The summed E-state index contributed by atoms with van der Waals surface area (Å²) in [6.07, 6.45) is 0.677. The number of hydrogen-bond acceptors (Lipinski definition) is 4. The molecule has 0 radical (unpaired) electrons. The molecule has 0 aliphatic carbocycles. The molecule has 0 atom stereocenters. The number of nitro benzene ring substituents is 1. The van der Waals surface area contributed by atoms with Crippen molar-refractivity contribution in [2.24, 2.45) is 0 Å². The zero-order valence-corrected chi connectivity index (χ0v) is 7.62. The minimum atomic E-state index is -0.389. The molecule has 0 saturated heterocycles. The van der Waals surface area contributed by atoms with Crippen LogP contribution in [0, 0.1) is 10.1 Å². The largest absolute Gasteiger partial charge is 0.393 e. The summed E-state index contributed by atoms with van der Waals surface area (Å²) < 4.78 is 0. The fourth-order valence-electron chi connectivity index (χ4n) is 1.79. The van der Waals surface area contributed by atoms with Crippen LogP contribution in [-0.4, -0.2) is 11.5 Å². The number of nitrogens with one attached hydrogen (secondary N) is 1. The number of nitrogens with zero attached hydrogens (tertiary/aromatic N) is 1. The zero-order chi connectivity index (χ0) is 10.1. The Morgan fingerprint density at radius 3 is 3.00 bits per heavy atom. The van der Waals surface area contributed by atoms with E-state index in [2.05, 4.69) is 5.32 Å².